The standard InChI is InChI=1S/C11H15ClN4O/c1-8(17)14-9-3-2-4-16(7-9)11-6-13-5-10(12)15-11/h5-6,9H,2-4,7H2,1H3,(H,14,17)/t9-/m0/s1. The molecule has 1 amide bonds. The van der Waals surface area contributed by atoms with Crippen molar-refractivity contribution >= 4 is 23.3 Å². The molecule has 1 N–H and O–H groups in total. The molecule has 0 aliphatic carbocycles. The van der Waals surface area contributed by atoms with Gasteiger partial charge < -0.3 is 10.2 Å². The third-order valence-electron chi connectivity index (χ3n) is 2.75. The van der Waals surface area contributed by atoms with Crippen LogP contribution in [0.1, 0.15) is 19.8 Å². The molecule has 1 aliphatic heterocycles. The van der Waals surface area contributed by atoms with Gasteiger partial charge in [-0.15, -0.1) is 0 Å². The van der Waals surface area contributed by atoms with Crippen LogP contribution in [0.15, 0.2) is 12.4 Å². The van der Waals surface area contributed by atoms with Gasteiger partial charge in [0, 0.05) is 26.1 Å². The summed E-state index contributed by atoms with van der Waals surface area (Å²) in [6.45, 7) is 3.22. The van der Waals surface area contributed by atoms with Crippen molar-refractivity contribution in [1.29, 1.82) is 0 Å². The van der Waals surface area contributed by atoms with Gasteiger partial charge >= 0.3 is 0 Å². The quantitative estimate of drug-likeness (QED) is 0.863. The number of anilines is 1. The molecule has 92 valence electrons. The lowest BCUT2D eigenvalue weighted by molar-refractivity contribution is -0.119. The van der Waals surface area contributed by atoms with Crippen LogP contribution in [0.3, 0.4) is 0 Å². The maximum Gasteiger partial charge on any atom is 0.217 e. The molecular formula is C11H15ClN4O. The summed E-state index contributed by atoms with van der Waals surface area (Å²) in [5.41, 5.74) is 0. The Morgan fingerprint density at radius 1 is 1.59 bits per heavy atom. The number of hydrogen-bond acceptors (Lipinski definition) is 4. The van der Waals surface area contributed by atoms with E-state index in [1.54, 1.807) is 6.20 Å². The van der Waals surface area contributed by atoms with Gasteiger partial charge in [-0.3, -0.25) is 9.78 Å². The van der Waals surface area contributed by atoms with E-state index < -0.39 is 0 Å². The van der Waals surface area contributed by atoms with Gasteiger partial charge in [0.2, 0.25) is 5.91 Å². The van der Waals surface area contributed by atoms with Gasteiger partial charge in [0.15, 0.2) is 0 Å². The minimum atomic E-state index is 0.00836. The molecule has 1 aliphatic rings. The highest BCUT2D eigenvalue weighted by atomic mass is 35.5. The molecule has 0 spiro atoms. The van der Waals surface area contributed by atoms with Gasteiger partial charge in [0.05, 0.1) is 12.4 Å². The molecule has 2 rings (SSSR count). The van der Waals surface area contributed by atoms with Crippen LogP contribution in [0.5, 0.6) is 0 Å². The van der Waals surface area contributed by atoms with E-state index in [-0.39, 0.29) is 11.9 Å². The molecule has 6 heteroatoms. The van der Waals surface area contributed by atoms with E-state index in [0.717, 1.165) is 31.7 Å². The summed E-state index contributed by atoms with van der Waals surface area (Å²) in [6, 6.07) is 0.182. The lowest BCUT2D eigenvalue weighted by Crippen LogP contribution is -2.47. The molecule has 0 aromatic carbocycles. The smallest absolute Gasteiger partial charge is 0.217 e. The van der Waals surface area contributed by atoms with Crippen LogP contribution >= 0.6 is 11.6 Å². The number of rotatable bonds is 2. The molecule has 0 radical (unpaired) electrons. The SMILES string of the molecule is CC(=O)N[C@H]1CCCN(c2cncc(Cl)n2)C1. The zero-order chi connectivity index (χ0) is 12.3. The first-order chi connectivity index (χ1) is 8.15. The Kier molecular flexibility index (Phi) is 3.78. The zero-order valence-electron chi connectivity index (χ0n) is 9.69. The third kappa shape index (κ3) is 3.30. The zero-order valence-corrected chi connectivity index (χ0v) is 10.4. The van der Waals surface area contributed by atoms with E-state index in [2.05, 4.69) is 20.2 Å². The van der Waals surface area contributed by atoms with Crippen LogP contribution in [0.4, 0.5) is 5.82 Å². The Morgan fingerprint density at radius 3 is 3.12 bits per heavy atom. The molecule has 5 nitrogen and oxygen atoms in total. The largest absolute Gasteiger partial charge is 0.353 e. The molecular weight excluding hydrogens is 240 g/mol. The first-order valence-electron chi connectivity index (χ1n) is 5.65. The number of aromatic nitrogens is 2. The summed E-state index contributed by atoms with van der Waals surface area (Å²) < 4.78 is 0. The van der Waals surface area contributed by atoms with Crippen molar-refractivity contribution in [3.8, 4) is 0 Å². The Morgan fingerprint density at radius 2 is 2.41 bits per heavy atom. The van der Waals surface area contributed by atoms with Crippen molar-refractivity contribution in [2.24, 2.45) is 0 Å². The van der Waals surface area contributed by atoms with E-state index >= 15 is 0 Å². The fourth-order valence-electron chi connectivity index (χ4n) is 2.08. The van der Waals surface area contributed by atoms with E-state index in [1.807, 2.05) is 0 Å². The maximum absolute atomic E-state index is 11.0. The summed E-state index contributed by atoms with van der Waals surface area (Å²) in [5, 5.41) is 3.33. The number of nitrogens with zero attached hydrogens (tertiary/aromatic N) is 3. The topological polar surface area (TPSA) is 58.1 Å². The molecule has 1 aromatic heterocycles. The average Bonchev–Trinajstić information content (AvgIpc) is 2.28. The summed E-state index contributed by atoms with van der Waals surface area (Å²) in [7, 11) is 0. The predicted molar refractivity (Wildman–Crippen MR) is 66.1 cm³/mol. The second-order valence-electron chi connectivity index (χ2n) is 4.19. The van der Waals surface area contributed by atoms with Gasteiger partial charge in [0.1, 0.15) is 11.0 Å². The predicted octanol–water partition coefficient (Wildman–Crippen LogP) is 1.23. The van der Waals surface area contributed by atoms with Crippen molar-refractivity contribution < 1.29 is 4.79 Å². The van der Waals surface area contributed by atoms with E-state index in [9.17, 15) is 4.79 Å². The normalized spacial score (nSPS) is 20.1. The van der Waals surface area contributed by atoms with Crippen molar-refractivity contribution in [2.75, 3.05) is 18.0 Å². The second kappa shape index (κ2) is 5.31. The molecule has 1 aromatic rings. The lowest BCUT2D eigenvalue weighted by Gasteiger charge is -2.33. The van der Waals surface area contributed by atoms with E-state index in [1.165, 1.54) is 13.1 Å². The minimum Gasteiger partial charge on any atom is -0.353 e. The number of amides is 1. The number of hydrogen-bond donors (Lipinski definition) is 1. The molecule has 1 saturated heterocycles. The van der Waals surface area contributed by atoms with E-state index in [4.69, 9.17) is 11.6 Å². The van der Waals surface area contributed by atoms with Crippen molar-refractivity contribution in [3.05, 3.63) is 17.5 Å². The van der Waals surface area contributed by atoms with Gasteiger partial charge in [-0.05, 0) is 12.8 Å². The van der Waals surface area contributed by atoms with Crippen molar-refractivity contribution in [1.82, 2.24) is 15.3 Å². The maximum atomic E-state index is 11.0. The second-order valence-corrected chi connectivity index (χ2v) is 4.57. The van der Waals surface area contributed by atoms with Crippen LogP contribution in [0.2, 0.25) is 5.15 Å². The van der Waals surface area contributed by atoms with Crippen LogP contribution in [-0.2, 0) is 4.79 Å². The van der Waals surface area contributed by atoms with Gasteiger partial charge in [-0.1, -0.05) is 11.6 Å². The number of halogens is 1. The fraction of sp³-hybridized carbons (Fsp3) is 0.545. The fourth-order valence-corrected chi connectivity index (χ4v) is 2.22. The number of carbonyl (C=O) groups is 1. The molecule has 0 saturated carbocycles. The van der Waals surface area contributed by atoms with Crippen molar-refractivity contribution in [2.45, 2.75) is 25.8 Å². The summed E-state index contributed by atoms with van der Waals surface area (Å²) in [6.07, 6.45) is 5.24. The highest BCUT2D eigenvalue weighted by Gasteiger charge is 2.21. The Hall–Kier alpha value is -1.36. The van der Waals surface area contributed by atoms with Gasteiger partial charge in [0.25, 0.3) is 0 Å². The highest BCUT2D eigenvalue weighted by Crippen LogP contribution is 2.18. The molecule has 1 fully saturated rings. The molecule has 2 heterocycles. The Balaban J connectivity index is 2.04. The minimum absolute atomic E-state index is 0.00836. The van der Waals surface area contributed by atoms with Crippen LogP contribution in [0.25, 0.3) is 0 Å². The van der Waals surface area contributed by atoms with Gasteiger partial charge in [-0.2, -0.15) is 0 Å². The average molecular weight is 255 g/mol. The third-order valence-corrected chi connectivity index (χ3v) is 2.93. The van der Waals surface area contributed by atoms with Crippen LogP contribution in [-0.4, -0.2) is 35.0 Å². The lowest BCUT2D eigenvalue weighted by atomic mass is 10.1. The van der Waals surface area contributed by atoms with Crippen LogP contribution < -0.4 is 10.2 Å². The number of carbonyl (C=O) groups excluding carboxylic acids is 1. The van der Waals surface area contributed by atoms with Crippen LogP contribution in [0, 0.1) is 0 Å². The summed E-state index contributed by atoms with van der Waals surface area (Å²) in [4.78, 5) is 21.4. The molecule has 17 heavy (non-hydrogen) atoms. The number of piperidine rings is 1. The molecule has 1 atom stereocenters. The van der Waals surface area contributed by atoms with Gasteiger partial charge in [-0.25, -0.2) is 4.98 Å². The Bertz CT molecular complexity index is 412. The first kappa shape index (κ1) is 12.1. The molecule has 0 unspecified atom stereocenters. The first-order valence-corrected chi connectivity index (χ1v) is 6.02. The number of nitrogens with one attached hydrogen (secondary N) is 1. The van der Waals surface area contributed by atoms with Crippen molar-refractivity contribution in [3.63, 3.8) is 0 Å². The summed E-state index contributed by atoms with van der Waals surface area (Å²) >= 11 is 5.81. The molecule has 0 bridgehead atoms. The van der Waals surface area contributed by atoms with E-state index in [0.29, 0.717) is 5.15 Å². The highest BCUT2D eigenvalue weighted by molar-refractivity contribution is 6.29. The summed E-state index contributed by atoms with van der Waals surface area (Å²) in [5.74, 6) is 0.779. The Labute approximate surface area is 105 Å². The monoisotopic (exact) mass is 254 g/mol.